The van der Waals surface area contributed by atoms with Crippen LogP contribution < -0.4 is 10.2 Å². The lowest BCUT2D eigenvalue weighted by Crippen LogP contribution is -2.30. The molecule has 2 atom stereocenters. The number of para-hydroxylation sites is 3. The van der Waals surface area contributed by atoms with Gasteiger partial charge in [0.25, 0.3) is 0 Å². The lowest BCUT2D eigenvalue weighted by Gasteiger charge is -2.29. The zero-order chi connectivity index (χ0) is 21.4. The van der Waals surface area contributed by atoms with E-state index in [2.05, 4.69) is 10.3 Å². The summed E-state index contributed by atoms with van der Waals surface area (Å²) in [7, 11) is 0. The molecule has 1 aliphatic rings. The van der Waals surface area contributed by atoms with Gasteiger partial charge in [0.1, 0.15) is 17.6 Å². The van der Waals surface area contributed by atoms with Gasteiger partial charge in [-0.2, -0.15) is 0 Å². The maximum Gasteiger partial charge on any atom is 0.174 e. The summed E-state index contributed by atoms with van der Waals surface area (Å²) in [5.74, 6) is -0.209. The average Bonchev–Trinajstić information content (AvgIpc) is 3.39. The summed E-state index contributed by atoms with van der Waals surface area (Å²) < 4.78 is 16.5. The molecule has 5 nitrogen and oxygen atoms in total. The number of anilines is 1. The van der Waals surface area contributed by atoms with Crippen LogP contribution in [0.5, 0.6) is 5.75 Å². The number of hydrogen-bond acceptors (Lipinski definition) is 3. The molecule has 0 bridgehead atoms. The first-order valence-electron chi connectivity index (χ1n) is 9.86. The topological polar surface area (TPSA) is 53.3 Å². The van der Waals surface area contributed by atoms with Gasteiger partial charge in [-0.25, -0.2) is 4.39 Å². The Kier molecular flexibility index (Phi) is 4.88. The van der Waals surface area contributed by atoms with Crippen LogP contribution in [-0.2, 0) is 0 Å². The van der Waals surface area contributed by atoms with Crippen molar-refractivity contribution in [1.82, 2.24) is 14.9 Å². The molecule has 2 aromatic heterocycles. The van der Waals surface area contributed by atoms with E-state index in [0.29, 0.717) is 16.5 Å². The third kappa shape index (κ3) is 3.33. The fraction of sp³-hybridized carbons (Fsp3) is 0.0833. The number of benzene rings is 2. The van der Waals surface area contributed by atoms with Gasteiger partial charge < -0.3 is 19.9 Å². The summed E-state index contributed by atoms with van der Waals surface area (Å²) in [6.45, 7) is 0. The number of rotatable bonds is 4. The van der Waals surface area contributed by atoms with E-state index in [4.69, 9.17) is 12.2 Å². The number of nitrogens with one attached hydrogen (secondary N) is 1. The summed E-state index contributed by atoms with van der Waals surface area (Å²) in [6.07, 6.45) is 3.56. The van der Waals surface area contributed by atoms with Crippen molar-refractivity contribution in [3.8, 4) is 11.4 Å². The van der Waals surface area contributed by atoms with Gasteiger partial charge in [0.05, 0.1) is 23.1 Å². The van der Waals surface area contributed by atoms with Gasteiger partial charge in [0, 0.05) is 18.1 Å². The van der Waals surface area contributed by atoms with Crippen LogP contribution in [0.2, 0.25) is 0 Å². The Labute approximate surface area is 184 Å². The maximum atomic E-state index is 14.7. The molecule has 1 fully saturated rings. The van der Waals surface area contributed by atoms with Crippen molar-refractivity contribution in [2.24, 2.45) is 0 Å². The highest BCUT2D eigenvalue weighted by molar-refractivity contribution is 7.80. The number of thiocarbonyl (C=S) groups is 1. The Morgan fingerprint density at radius 1 is 0.903 bits per heavy atom. The Morgan fingerprint density at radius 2 is 1.65 bits per heavy atom. The monoisotopic (exact) mass is 430 g/mol. The first-order chi connectivity index (χ1) is 15.1. The van der Waals surface area contributed by atoms with Crippen molar-refractivity contribution in [2.45, 2.75) is 12.1 Å². The van der Waals surface area contributed by atoms with Gasteiger partial charge in [0.2, 0.25) is 0 Å². The number of nitrogens with zero attached hydrogens (tertiary/aromatic N) is 3. The predicted octanol–water partition coefficient (Wildman–Crippen LogP) is 4.89. The molecule has 1 saturated heterocycles. The molecule has 0 unspecified atom stereocenters. The van der Waals surface area contributed by atoms with Crippen LogP contribution in [0.3, 0.4) is 0 Å². The molecule has 0 saturated carbocycles. The fourth-order valence-electron chi connectivity index (χ4n) is 4.08. The van der Waals surface area contributed by atoms with E-state index in [1.807, 2.05) is 58.1 Å². The summed E-state index contributed by atoms with van der Waals surface area (Å²) >= 11 is 5.69. The van der Waals surface area contributed by atoms with Gasteiger partial charge >= 0.3 is 0 Å². The minimum Gasteiger partial charge on any atom is -0.506 e. The Morgan fingerprint density at radius 3 is 2.39 bits per heavy atom. The molecular formula is C24H19FN4OS. The number of hydrogen-bond donors (Lipinski definition) is 2. The van der Waals surface area contributed by atoms with Crippen molar-refractivity contribution in [2.75, 3.05) is 4.90 Å². The molecule has 154 valence electrons. The highest BCUT2D eigenvalue weighted by Crippen LogP contribution is 2.44. The van der Waals surface area contributed by atoms with E-state index < -0.39 is 0 Å². The van der Waals surface area contributed by atoms with Gasteiger partial charge in [-0.1, -0.05) is 30.3 Å². The Balaban J connectivity index is 1.71. The normalized spacial score (nSPS) is 18.2. The first kappa shape index (κ1) is 19.3. The van der Waals surface area contributed by atoms with E-state index in [0.717, 1.165) is 11.4 Å². The summed E-state index contributed by atoms with van der Waals surface area (Å²) in [4.78, 5) is 6.40. The highest BCUT2D eigenvalue weighted by Gasteiger charge is 2.43. The molecule has 2 N–H and O–H groups in total. The predicted molar refractivity (Wildman–Crippen MR) is 122 cm³/mol. The van der Waals surface area contributed by atoms with Gasteiger partial charge in [-0.3, -0.25) is 4.98 Å². The Hall–Kier alpha value is -3.71. The van der Waals surface area contributed by atoms with Gasteiger partial charge in [0.15, 0.2) is 5.11 Å². The SMILES string of the molecule is Oc1ccccc1N1C(=S)N[C@@H](c2ccccn2)[C@H]1c1cccn1-c1ccccc1F. The van der Waals surface area contributed by atoms with E-state index in [9.17, 15) is 9.50 Å². The third-order valence-electron chi connectivity index (χ3n) is 5.43. The van der Waals surface area contributed by atoms with Crippen molar-refractivity contribution in [1.29, 1.82) is 0 Å². The van der Waals surface area contributed by atoms with Crippen molar-refractivity contribution >= 4 is 23.0 Å². The smallest absolute Gasteiger partial charge is 0.174 e. The summed E-state index contributed by atoms with van der Waals surface area (Å²) in [6, 6.07) is 22.5. The molecular weight excluding hydrogens is 411 g/mol. The zero-order valence-electron chi connectivity index (χ0n) is 16.4. The molecule has 0 amide bonds. The van der Waals surface area contributed by atoms with Crippen LogP contribution in [0.1, 0.15) is 23.5 Å². The summed E-state index contributed by atoms with van der Waals surface area (Å²) in [5, 5.41) is 14.4. The quantitative estimate of drug-likeness (QED) is 0.452. The van der Waals surface area contributed by atoms with Crippen LogP contribution >= 0.6 is 12.2 Å². The molecule has 31 heavy (non-hydrogen) atoms. The van der Waals surface area contributed by atoms with Crippen LogP contribution in [-0.4, -0.2) is 19.8 Å². The second-order valence-corrected chi connectivity index (χ2v) is 7.63. The number of aromatic hydroxyl groups is 1. The van der Waals surface area contributed by atoms with Gasteiger partial charge in [-0.15, -0.1) is 0 Å². The van der Waals surface area contributed by atoms with Crippen LogP contribution in [0, 0.1) is 5.82 Å². The van der Waals surface area contributed by atoms with Crippen LogP contribution in [0.25, 0.3) is 5.69 Å². The van der Waals surface area contributed by atoms with Crippen LogP contribution in [0.4, 0.5) is 10.1 Å². The largest absolute Gasteiger partial charge is 0.506 e. The van der Waals surface area contributed by atoms with E-state index >= 15 is 0 Å². The second-order valence-electron chi connectivity index (χ2n) is 7.24. The number of pyridine rings is 1. The van der Waals surface area contributed by atoms with E-state index in [1.54, 1.807) is 36.5 Å². The second kappa shape index (κ2) is 7.85. The first-order valence-corrected chi connectivity index (χ1v) is 10.3. The third-order valence-corrected chi connectivity index (χ3v) is 5.75. The molecule has 4 aromatic rings. The average molecular weight is 431 g/mol. The highest BCUT2D eigenvalue weighted by atomic mass is 32.1. The minimum absolute atomic E-state index is 0.113. The molecule has 0 aliphatic carbocycles. The molecule has 0 radical (unpaired) electrons. The van der Waals surface area contributed by atoms with Crippen molar-refractivity contribution < 1.29 is 9.50 Å². The summed E-state index contributed by atoms with van der Waals surface area (Å²) in [5.41, 5.74) is 2.63. The van der Waals surface area contributed by atoms with Crippen LogP contribution in [0.15, 0.2) is 91.3 Å². The number of halogens is 1. The lowest BCUT2D eigenvalue weighted by atomic mass is 10.0. The fourth-order valence-corrected chi connectivity index (χ4v) is 4.42. The zero-order valence-corrected chi connectivity index (χ0v) is 17.2. The molecule has 5 rings (SSSR count). The lowest BCUT2D eigenvalue weighted by molar-refractivity contribution is 0.471. The van der Waals surface area contributed by atoms with E-state index in [1.165, 1.54) is 6.07 Å². The standard InChI is InChI=1S/C24H19FN4OS/c25-16-8-1-2-10-18(16)28-15-7-12-20(28)23-22(17-9-5-6-14-26-17)27-24(31)29(23)19-11-3-4-13-21(19)30/h1-15,22-23,30H,(H,27,31)/t22-,23+/m0/s1. The number of phenolic OH excluding ortho intramolecular Hbond substituents is 1. The van der Waals surface area contributed by atoms with E-state index in [-0.39, 0.29) is 23.7 Å². The van der Waals surface area contributed by atoms with Crippen molar-refractivity contribution in [3.05, 3.63) is 108 Å². The molecule has 7 heteroatoms. The van der Waals surface area contributed by atoms with Gasteiger partial charge in [-0.05, 0) is 60.7 Å². The van der Waals surface area contributed by atoms with Crippen molar-refractivity contribution in [3.63, 3.8) is 0 Å². The number of phenols is 1. The molecule has 2 aromatic carbocycles. The number of aromatic nitrogens is 2. The molecule has 1 aliphatic heterocycles. The Bertz CT molecular complexity index is 1240. The maximum absolute atomic E-state index is 14.7. The minimum atomic E-state index is -0.370. The molecule has 3 heterocycles. The molecule has 0 spiro atoms.